The molecular formula is C15H20N4O. The first-order chi connectivity index (χ1) is 9.65. The first-order valence-corrected chi connectivity index (χ1v) is 6.85. The van der Waals surface area contributed by atoms with Gasteiger partial charge in [-0.2, -0.15) is 0 Å². The molecule has 0 bridgehead atoms. The van der Waals surface area contributed by atoms with Crippen LogP contribution in [0.5, 0.6) is 11.6 Å². The summed E-state index contributed by atoms with van der Waals surface area (Å²) in [6, 6.07) is 3.88. The maximum Gasteiger partial charge on any atom is 0.227 e. The largest absolute Gasteiger partial charge is 0.437 e. The fraction of sp³-hybridized carbons (Fsp3) is 0.400. The SMILES string of the molecule is CCNc1ncnc(Oc2ccc(C)nc2CC)c1C. The molecule has 0 fully saturated rings. The van der Waals surface area contributed by atoms with Gasteiger partial charge in [0.1, 0.15) is 12.1 Å². The second kappa shape index (κ2) is 6.32. The quantitative estimate of drug-likeness (QED) is 0.905. The fourth-order valence-electron chi connectivity index (χ4n) is 1.93. The molecule has 0 aromatic carbocycles. The zero-order valence-corrected chi connectivity index (χ0v) is 12.4. The molecular weight excluding hydrogens is 252 g/mol. The van der Waals surface area contributed by atoms with Crippen LogP contribution in [0.25, 0.3) is 0 Å². The summed E-state index contributed by atoms with van der Waals surface area (Å²) in [5.41, 5.74) is 2.83. The normalized spacial score (nSPS) is 10.4. The molecule has 0 unspecified atom stereocenters. The number of rotatable bonds is 5. The minimum Gasteiger partial charge on any atom is -0.437 e. The van der Waals surface area contributed by atoms with E-state index in [2.05, 4.69) is 27.2 Å². The molecule has 2 aromatic heterocycles. The van der Waals surface area contributed by atoms with Crippen molar-refractivity contribution in [1.82, 2.24) is 15.0 Å². The van der Waals surface area contributed by atoms with Crippen LogP contribution in [-0.2, 0) is 6.42 Å². The van der Waals surface area contributed by atoms with Crippen molar-refractivity contribution in [1.29, 1.82) is 0 Å². The number of aryl methyl sites for hydroxylation is 2. The molecule has 0 spiro atoms. The molecule has 0 saturated carbocycles. The zero-order valence-electron chi connectivity index (χ0n) is 12.4. The van der Waals surface area contributed by atoms with Crippen LogP contribution in [0.4, 0.5) is 5.82 Å². The summed E-state index contributed by atoms with van der Waals surface area (Å²) in [5, 5.41) is 3.19. The third-order valence-corrected chi connectivity index (χ3v) is 3.00. The molecule has 20 heavy (non-hydrogen) atoms. The molecule has 2 aromatic rings. The minimum atomic E-state index is 0.566. The Kier molecular flexibility index (Phi) is 4.50. The highest BCUT2D eigenvalue weighted by atomic mass is 16.5. The highest BCUT2D eigenvalue weighted by Gasteiger charge is 2.11. The standard InChI is InChI=1S/C15H20N4O/c1-5-12-13(8-7-10(3)19-12)20-15-11(4)14(16-6-2)17-9-18-15/h7-9H,5-6H2,1-4H3,(H,16,17,18). The van der Waals surface area contributed by atoms with Crippen LogP contribution in [0.2, 0.25) is 0 Å². The Morgan fingerprint density at radius 3 is 2.65 bits per heavy atom. The van der Waals surface area contributed by atoms with Crippen molar-refractivity contribution in [3.63, 3.8) is 0 Å². The Hall–Kier alpha value is -2.17. The lowest BCUT2D eigenvalue weighted by Gasteiger charge is -2.13. The van der Waals surface area contributed by atoms with Crippen LogP contribution in [-0.4, -0.2) is 21.5 Å². The van der Waals surface area contributed by atoms with E-state index in [0.717, 1.165) is 41.5 Å². The first kappa shape index (κ1) is 14.2. The van der Waals surface area contributed by atoms with Gasteiger partial charge in [0, 0.05) is 12.2 Å². The third-order valence-electron chi connectivity index (χ3n) is 3.00. The molecule has 0 aliphatic heterocycles. The van der Waals surface area contributed by atoms with E-state index < -0.39 is 0 Å². The van der Waals surface area contributed by atoms with Crippen LogP contribution in [0.15, 0.2) is 18.5 Å². The van der Waals surface area contributed by atoms with Crippen molar-refractivity contribution >= 4 is 5.82 Å². The second-order valence-electron chi connectivity index (χ2n) is 4.54. The Labute approximate surface area is 119 Å². The van der Waals surface area contributed by atoms with Gasteiger partial charge in [0.25, 0.3) is 0 Å². The molecule has 0 saturated heterocycles. The maximum atomic E-state index is 5.92. The van der Waals surface area contributed by atoms with Gasteiger partial charge in [-0.3, -0.25) is 4.98 Å². The van der Waals surface area contributed by atoms with Gasteiger partial charge in [-0.15, -0.1) is 0 Å². The molecule has 5 nitrogen and oxygen atoms in total. The van der Waals surface area contributed by atoms with Crippen LogP contribution in [0.3, 0.4) is 0 Å². The number of aromatic nitrogens is 3. The van der Waals surface area contributed by atoms with Crippen molar-refractivity contribution in [2.24, 2.45) is 0 Å². The highest BCUT2D eigenvalue weighted by Crippen LogP contribution is 2.28. The van der Waals surface area contributed by atoms with Gasteiger partial charge in [0.2, 0.25) is 5.88 Å². The van der Waals surface area contributed by atoms with Crippen LogP contribution in [0, 0.1) is 13.8 Å². The van der Waals surface area contributed by atoms with E-state index in [1.54, 1.807) is 0 Å². The number of hydrogen-bond donors (Lipinski definition) is 1. The van der Waals surface area contributed by atoms with Gasteiger partial charge in [-0.1, -0.05) is 6.92 Å². The number of anilines is 1. The topological polar surface area (TPSA) is 59.9 Å². The zero-order chi connectivity index (χ0) is 14.5. The molecule has 106 valence electrons. The maximum absolute atomic E-state index is 5.92. The lowest BCUT2D eigenvalue weighted by atomic mass is 10.2. The van der Waals surface area contributed by atoms with Crippen molar-refractivity contribution in [2.75, 3.05) is 11.9 Å². The molecule has 0 aliphatic carbocycles. The Morgan fingerprint density at radius 2 is 1.95 bits per heavy atom. The van der Waals surface area contributed by atoms with Crippen molar-refractivity contribution < 1.29 is 4.74 Å². The van der Waals surface area contributed by atoms with Gasteiger partial charge < -0.3 is 10.1 Å². The van der Waals surface area contributed by atoms with Gasteiger partial charge in [-0.05, 0) is 39.3 Å². The molecule has 1 N–H and O–H groups in total. The van der Waals surface area contributed by atoms with Crippen molar-refractivity contribution in [3.8, 4) is 11.6 Å². The van der Waals surface area contributed by atoms with E-state index in [1.807, 2.05) is 32.9 Å². The predicted molar refractivity (Wildman–Crippen MR) is 79.4 cm³/mol. The summed E-state index contributed by atoms with van der Waals surface area (Å²) in [4.78, 5) is 12.9. The molecule has 0 atom stereocenters. The van der Waals surface area contributed by atoms with Crippen LogP contribution < -0.4 is 10.1 Å². The van der Waals surface area contributed by atoms with Crippen molar-refractivity contribution in [3.05, 3.63) is 35.4 Å². The summed E-state index contributed by atoms with van der Waals surface area (Å²) >= 11 is 0. The smallest absolute Gasteiger partial charge is 0.227 e. The molecule has 2 heterocycles. The van der Waals surface area contributed by atoms with E-state index in [4.69, 9.17) is 4.74 Å². The predicted octanol–water partition coefficient (Wildman–Crippen LogP) is 3.27. The molecule has 0 aliphatic rings. The monoisotopic (exact) mass is 272 g/mol. The second-order valence-corrected chi connectivity index (χ2v) is 4.54. The van der Waals surface area contributed by atoms with Gasteiger partial charge in [0.05, 0.1) is 11.3 Å². The van der Waals surface area contributed by atoms with Gasteiger partial charge in [-0.25, -0.2) is 9.97 Å². The van der Waals surface area contributed by atoms with E-state index in [-0.39, 0.29) is 0 Å². The average molecular weight is 272 g/mol. The van der Waals surface area contributed by atoms with Gasteiger partial charge in [0.15, 0.2) is 5.75 Å². The summed E-state index contributed by atoms with van der Waals surface area (Å²) in [5.74, 6) is 2.12. The lowest BCUT2D eigenvalue weighted by Crippen LogP contribution is -2.04. The van der Waals surface area contributed by atoms with E-state index in [0.29, 0.717) is 5.88 Å². The molecule has 5 heteroatoms. The van der Waals surface area contributed by atoms with Gasteiger partial charge >= 0.3 is 0 Å². The summed E-state index contributed by atoms with van der Waals surface area (Å²) < 4.78 is 5.92. The number of nitrogens with zero attached hydrogens (tertiary/aromatic N) is 3. The van der Waals surface area contributed by atoms with E-state index in [1.165, 1.54) is 6.33 Å². The number of hydrogen-bond acceptors (Lipinski definition) is 5. The van der Waals surface area contributed by atoms with Crippen LogP contribution in [0.1, 0.15) is 30.8 Å². The minimum absolute atomic E-state index is 0.566. The molecule has 2 rings (SSSR count). The number of nitrogens with one attached hydrogen (secondary N) is 1. The highest BCUT2D eigenvalue weighted by molar-refractivity contribution is 5.48. The number of pyridine rings is 1. The number of ether oxygens (including phenoxy) is 1. The van der Waals surface area contributed by atoms with Crippen LogP contribution >= 0.6 is 0 Å². The Bertz CT molecular complexity index is 598. The fourth-order valence-corrected chi connectivity index (χ4v) is 1.93. The van der Waals surface area contributed by atoms with Crippen molar-refractivity contribution in [2.45, 2.75) is 34.1 Å². The lowest BCUT2D eigenvalue weighted by molar-refractivity contribution is 0.449. The third kappa shape index (κ3) is 3.04. The first-order valence-electron chi connectivity index (χ1n) is 6.85. The Balaban J connectivity index is 2.33. The molecule has 0 radical (unpaired) electrons. The van der Waals surface area contributed by atoms with E-state index >= 15 is 0 Å². The van der Waals surface area contributed by atoms with E-state index in [9.17, 15) is 0 Å². The Morgan fingerprint density at radius 1 is 1.15 bits per heavy atom. The average Bonchev–Trinajstić information content (AvgIpc) is 2.45. The summed E-state index contributed by atoms with van der Waals surface area (Å²) in [6.07, 6.45) is 2.33. The summed E-state index contributed by atoms with van der Waals surface area (Å²) in [6.45, 7) is 8.82. The summed E-state index contributed by atoms with van der Waals surface area (Å²) in [7, 11) is 0. The molecule has 0 amide bonds.